The number of nitrogens with zero attached hydrogens (tertiary/aromatic N) is 3. The van der Waals surface area contributed by atoms with Crippen LogP contribution in [0, 0.1) is 11.3 Å². The predicted molar refractivity (Wildman–Crippen MR) is 127 cm³/mol. The first-order valence-electron chi connectivity index (χ1n) is 10.7. The number of ketones is 1. The van der Waals surface area contributed by atoms with Gasteiger partial charge in [0.05, 0.1) is 11.8 Å². The van der Waals surface area contributed by atoms with Gasteiger partial charge in [-0.2, -0.15) is 30.2 Å². The van der Waals surface area contributed by atoms with E-state index in [1.807, 2.05) is 66.4 Å². The molecule has 0 spiro atoms. The Morgan fingerprint density at radius 2 is 1.71 bits per heavy atom. The monoisotopic (exact) mass is 501 g/mol. The summed E-state index contributed by atoms with van der Waals surface area (Å²) in [6.07, 6.45) is -3.42. The fourth-order valence-electron chi connectivity index (χ4n) is 3.58. The molecule has 182 valence electrons. The third-order valence-electron chi connectivity index (χ3n) is 5.36. The van der Waals surface area contributed by atoms with Gasteiger partial charge in [-0.15, -0.1) is 0 Å². The number of pyridine rings is 1. The molecule has 1 atom stereocenters. The number of carboxylic acid groups (broad SMARTS) is 1. The molecular formula is C25H22F3N3O3S. The van der Waals surface area contributed by atoms with Gasteiger partial charge in [0.15, 0.2) is 11.7 Å². The van der Waals surface area contributed by atoms with Crippen LogP contribution >= 0.6 is 11.8 Å². The van der Waals surface area contributed by atoms with Crippen molar-refractivity contribution >= 4 is 34.3 Å². The van der Waals surface area contributed by atoms with Crippen LogP contribution in [0.15, 0.2) is 60.8 Å². The van der Waals surface area contributed by atoms with Gasteiger partial charge in [-0.25, -0.2) is 4.79 Å². The number of aromatic nitrogens is 1. The summed E-state index contributed by atoms with van der Waals surface area (Å²) in [6.45, 7) is 3.12. The number of benzene rings is 2. The molecule has 1 aliphatic rings. The number of hydrogen-bond donors (Lipinski definition) is 1. The minimum absolute atomic E-state index is 0.202. The molecule has 4 rings (SSSR count). The molecule has 0 aliphatic carbocycles. The number of carbonyl (C=O) groups is 2. The standard InChI is InChI=1S/C23H21N3OS.C2HF3O2/c24-15-21(22-20-4-2-1-3-18(20)9-10-25-22)23(27)19-7-5-17(6-8-19)16-26-11-13-28-14-12-26;3-2(4,5)1(6)7/h1-10,21H,11-14,16H2;(H,6,7). The van der Waals surface area contributed by atoms with Crippen LogP contribution in [0.5, 0.6) is 0 Å². The first-order valence-corrected chi connectivity index (χ1v) is 11.8. The van der Waals surface area contributed by atoms with Gasteiger partial charge in [-0.1, -0.05) is 48.5 Å². The van der Waals surface area contributed by atoms with E-state index in [0.717, 1.165) is 30.4 Å². The highest BCUT2D eigenvalue weighted by atomic mass is 32.2. The van der Waals surface area contributed by atoms with Crippen LogP contribution in [-0.2, 0) is 11.3 Å². The van der Waals surface area contributed by atoms with Crippen LogP contribution < -0.4 is 0 Å². The molecule has 1 unspecified atom stereocenters. The molecule has 0 amide bonds. The van der Waals surface area contributed by atoms with Gasteiger partial charge in [0.2, 0.25) is 0 Å². The van der Waals surface area contributed by atoms with E-state index in [9.17, 15) is 23.2 Å². The molecule has 10 heteroatoms. The summed E-state index contributed by atoms with van der Waals surface area (Å²) >= 11 is 2.00. The van der Waals surface area contributed by atoms with Crippen LogP contribution in [0.2, 0.25) is 0 Å². The lowest BCUT2D eigenvalue weighted by Crippen LogP contribution is -2.31. The second-order valence-corrected chi connectivity index (χ2v) is 8.96. The Morgan fingerprint density at radius 3 is 2.31 bits per heavy atom. The number of nitriles is 1. The van der Waals surface area contributed by atoms with Gasteiger partial charge in [-0.3, -0.25) is 14.7 Å². The average molecular weight is 502 g/mol. The van der Waals surface area contributed by atoms with Crippen LogP contribution in [0.3, 0.4) is 0 Å². The quantitative estimate of drug-likeness (QED) is 0.497. The van der Waals surface area contributed by atoms with E-state index in [2.05, 4.69) is 16.0 Å². The number of carbonyl (C=O) groups excluding carboxylic acids is 1. The lowest BCUT2D eigenvalue weighted by atomic mass is 9.92. The third-order valence-corrected chi connectivity index (χ3v) is 6.30. The fraction of sp³-hybridized carbons (Fsp3) is 0.280. The lowest BCUT2D eigenvalue weighted by molar-refractivity contribution is -0.192. The molecule has 3 aromatic rings. The predicted octanol–water partition coefficient (Wildman–Crippen LogP) is 4.91. The van der Waals surface area contributed by atoms with E-state index < -0.39 is 18.1 Å². The number of aliphatic carboxylic acids is 1. The van der Waals surface area contributed by atoms with Crippen molar-refractivity contribution in [3.05, 3.63) is 77.6 Å². The molecule has 0 bridgehead atoms. The largest absolute Gasteiger partial charge is 0.490 e. The highest BCUT2D eigenvalue weighted by Crippen LogP contribution is 2.26. The highest BCUT2D eigenvalue weighted by Gasteiger charge is 2.38. The van der Waals surface area contributed by atoms with E-state index in [-0.39, 0.29) is 5.78 Å². The number of Topliss-reactive ketones (excluding diaryl/α,β-unsaturated/α-hetero) is 1. The van der Waals surface area contributed by atoms with E-state index in [0.29, 0.717) is 11.3 Å². The first kappa shape index (κ1) is 26.2. The van der Waals surface area contributed by atoms with Crippen LogP contribution in [0.4, 0.5) is 13.2 Å². The van der Waals surface area contributed by atoms with Crippen molar-refractivity contribution in [1.82, 2.24) is 9.88 Å². The molecule has 35 heavy (non-hydrogen) atoms. The summed E-state index contributed by atoms with van der Waals surface area (Å²) in [4.78, 5) is 28.7. The highest BCUT2D eigenvalue weighted by molar-refractivity contribution is 7.99. The van der Waals surface area contributed by atoms with Gasteiger partial charge >= 0.3 is 12.1 Å². The number of alkyl halides is 3. The number of fused-ring (bicyclic) bond motifs is 1. The average Bonchev–Trinajstić information content (AvgIpc) is 2.85. The van der Waals surface area contributed by atoms with Crippen LogP contribution in [-0.4, -0.2) is 57.5 Å². The summed E-state index contributed by atoms with van der Waals surface area (Å²) in [5.74, 6) is -1.51. The van der Waals surface area contributed by atoms with Crippen molar-refractivity contribution in [3.8, 4) is 6.07 Å². The maximum absolute atomic E-state index is 13.0. The Hall–Kier alpha value is -3.42. The van der Waals surface area contributed by atoms with E-state index in [1.165, 1.54) is 17.1 Å². The molecule has 0 saturated carbocycles. The molecule has 2 aromatic carbocycles. The Bertz CT molecular complexity index is 1220. The normalized spacial score (nSPS) is 14.9. The van der Waals surface area contributed by atoms with Crippen molar-refractivity contribution < 1.29 is 27.9 Å². The maximum atomic E-state index is 13.0. The van der Waals surface area contributed by atoms with Gasteiger partial charge in [-0.05, 0) is 17.0 Å². The number of rotatable bonds is 5. The zero-order chi connectivity index (χ0) is 25.4. The summed E-state index contributed by atoms with van der Waals surface area (Å²) in [6, 6.07) is 19.5. The number of halogens is 3. The smallest absolute Gasteiger partial charge is 0.475 e. The lowest BCUT2D eigenvalue weighted by Gasteiger charge is -2.26. The SMILES string of the molecule is N#CC(C(=O)c1ccc(CN2CCSCC2)cc1)c1nccc2ccccc12.O=C(O)C(F)(F)F. The Labute approximate surface area is 204 Å². The molecule has 1 N–H and O–H groups in total. The zero-order valence-electron chi connectivity index (χ0n) is 18.5. The van der Waals surface area contributed by atoms with Crippen LogP contribution in [0.1, 0.15) is 27.5 Å². The molecule has 0 radical (unpaired) electrons. The molecule has 1 fully saturated rings. The molecule has 6 nitrogen and oxygen atoms in total. The van der Waals surface area contributed by atoms with Gasteiger partial charge < -0.3 is 5.11 Å². The van der Waals surface area contributed by atoms with Crippen molar-refractivity contribution in [2.75, 3.05) is 24.6 Å². The van der Waals surface area contributed by atoms with E-state index in [4.69, 9.17) is 9.90 Å². The Kier molecular flexibility index (Phi) is 8.84. The second-order valence-electron chi connectivity index (χ2n) is 7.73. The number of hydrogen-bond acceptors (Lipinski definition) is 6. The second kappa shape index (κ2) is 11.8. The zero-order valence-corrected chi connectivity index (χ0v) is 19.4. The van der Waals surface area contributed by atoms with E-state index in [1.54, 1.807) is 6.20 Å². The van der Waals surface area contributed by atoms with Gasteiger partial charge in [0.25, 0.3) is 0 Å². The topological polar surface area (TPSA) is 94.3 Å². The van der Waals surface area contributed by atoms with Gasteiger partial charge in [0, 0.05) is 48.3 Å². The first-order chi connectivity index (χ1) is 16.7. The minimum Gasteiger partial charge on any atom is -0.475 e. The summed E-state index contributed by atoms with van der Waals surface area (Å²) in [5.41, 5.74) is 2.28. The molecular weight excluding hydrogens is 479 g/mol. The van der Waals surface area contributed by atoms with Crippen molar-refractivity contribution in [3.63, 3.8) is 0 Å². The Balaban J connectivity index is 0.000000429. The summed E-state index contributed by atoms with van der Waals surface area (Å²) in [5, 5.41) is 18.7. The fourth-order valence-corrected chi connectivity index (χ4v) is 4.55. The van der Waals surface area contributed by atoms with E-state index >= 15 is 0 Å². The minimum atomic E-state index is -5.08. The molecule has 1 aliphatic heterocycles. The maximum Gasteiger partial charge on any atom is 0.490 e. The van der Waals surface area contributed by atoms with Gasteiger partial charge in [0.1, 0.15) is 0 Å². The van der Waals surface area contributed by atoms with Crippen molar-refractivity contribution in [1.29, 1.82) is 5.26 Å². The molecule has 2 heterocycles. The summed E-state index contributed by atoms with van der Waals surface area (Å²) < 4.78 is 31.7. The van der Waals surface area contributed by atoms with Crippen molar-refractivity contribution in [2.24, 2.45) is 0 Å². The Morgan fingerprint density at radius 1 is 1.09 bits per heavy atom. The number of carboxylic acids is 1. The summed E-state index contributed by atoms with van der Waals surface area (Å²) in [7, 11) is 0. The van der Waals surface area contributed by atoms with Crippen molar-refractivity contribution in [2.45, 2.75) is 18.6 Å². The molecule has 1 saturated heterocycles. The molecule has 1 aromatic heterocycles. The number of thioether (sulfide) groups is 1. The van der Waals surface area contributed by atoms with Crippen LogP contribution in [0.25, 0.3) is 10.8 Å². The third kappa shape index (κ3) is 7.04.